The maximum Gasteiger partial charge on any atom is 0.121 e. The van der Waals surface area contributed by atoms with Gasteiger partial charge in [-0.2, -0.15) is 0 Å². The number of likely N-dealkylation sites (N-methyl/N-ethyl adjacent to an activating group) is 1. The fourth-order valence-electron chi connectivity index (χ4n) is 1.56. The number of hydrogen-bond donors (Lipinski definition) is 1. The molecule has 2 rings (SSSR count). The Morgan fingerprint density at radius 1 is 1.37 bits per heavy atom. The van der Waals surface area contributed by atoms with Gasteiger partial charge in [0.1, 0.15) is 12.4 Å². The van der Waals surface area contributed by atoms with Gasteiger partial charge in [-0.25, -0.2) is 4.98 Å². The van der Waals surface area contributed by atoms with E-state index in [1.807, 2.05) is 49.3 Å². The van der Waals surface area contributed by atoms with Crippen molar-refractivity contribution in [3.8, 4) is 5.75 Å². The normalized spacial score (nSPS) is 10.7. The average molecular weight is 277 g/mol. The quantitative estimate of drug-likeness (QED) is 0.844. The number of nitrogens with one attached hydrogen (secondary N) is 1. The van der Waals surface area contributed by atoms with Gasteiger partial charge in [0.15, 0.2) is 0 Å². The molecule has 5 heteroatoms. The van der Waals surface area contributed by atoms with Gasteiger partial charge in [-0.05, 0) is 26.2 Å². The Hall–Kier alpha value is -1.59. The third kappa shape index (κ3) is 4.89. The highest BCUT2D eigenvalue weighted by Crippen LogP contribution is 2.18. The lowest BCUT2D eigenvalue weighted by atomic mass is 10.3. The van der Waals surface area contributed by atoms with Crippen molar-refractivity contribution < 1.29 is 4.74 Å². The number of nitrogens with zero attached hydrogens (tertiary/aromatic N) is 2. The van der Waals surface area contributed by atoms with Crippen molar-refractivity contribution in [1.82, 2.24) is 9.88 Å². The van der Waals surface area contributed by atoms with Crippen molar-refractivity contribution in [3.05, 3.63) is 40.8 Å². The number of aromatic nitrogens is 1. The van der Waals surface area contributed by atoms with Crippen LogP contribution >= 0.6 is 11.3 Å². The molecule has 1 aromatic heterocycles. The van der Waals surface area contributed by atoms with Gasteiger partial charge in [0.25, 0.3) is 0 Å². The fourth-order valence-corrected chi connectivity index (χ4v) is 2.12. The molecular formula is C14H19N3OS. The molecule has 19 heavy (non-hydrogen) atoms. The van der Waals surface area contributed by atoms with Crippen molar-refractivity contribution in [2.24, 2.45) is 0 Å². The van der Waals surface area contributed by atoms with Gasteiger partial charge < -0.3 is 15.0 Å². The molecule has 0 saturated heterocycles. The molecule has 1 aromatic carbocycles. The van der Waals surface area contributed by atoms with Crippen LogP contribution in [0.3, 0.4) is 0 Å². The molecule has 4 nitrogen and oxygen atoms in total. The first kappa shape index (κ1) is 13.8. The van der Waals surface area contributed by atoms with Crippen LogP contribution in [0.15, 0.2) is 35.2 Å². The summed E-state index contributed by atoms with van der Waals surface area (Å²) in [6, 6.07) is 8.02. The van der Waals surface area contributed by atoms with E-state index in [0.29, 0.717) is 6.61 Å². The van der Waals surface area contributed by atoms with E-state index >= 15 is 0 Å². The molecule has 0 unspecified atom stereocenters. The number of anilines is 1. The Morgan fingerprint density at radius 3 is 3.00 bits per heavy atom. The first-order valence-corrected chi connectivity index (χ1v) is 7.17. The van der Waals surface area contributed by atoms with Crippen molar-refractivity contribution in [3.63, 3.8) is 0 Å². The summed E-state index contributed by atoms with van der Waals surface area (Å²) in [6.45, 7) is 2.35. The highest BCUT2D eigenvalue weighted by atomic mass is 32.1. The maximum atomic E-state index is 5.70. The van der Waals surface area contributed by atoms with Crippen LogP contribution in [0.1, 0.15) is 5.69 Å². The summed E-state index contributed by atoms with van der Waals surface area (Å²) in [5.74, 6) is 0.894. The van der Waals surface area contributed by atoms with E-state index in [0.717, 1.165) is 30.2 Å². The summed E-state index contributed by atoms with van der Waals surface area (Å²) < 4.78 is 5.70. The molecule has 0 aliphatic rings. The summed E-state index contributed by atoms with van der Waals surface area (Å²) >= 11 is 1.61. The topological polar surface area (TPSA) is 37.4 Å². The Morgan fingerprint density at radius 2 is 2.26 bits per heavy atom. The summed E-state index contributed by atoms with van der Waals surface area (Å²) in [7, 11) is 4.07. The Labute approximate surface area is 118 Å². The number of benzene rings is 1. The zero-order chi connectivity index (χ0) is 13.5. The van der Waals surface area contributed by atoms with Crippen molar-refractivity contribution in [2.75, 3.05) is 32.6 Å². The predicted octanol–water partition coefficient (Wildman–Crippen LogP) is 2.70. The van der Waals surface area contributed by atoms with Gasteiger partial charge in [-0.1, -0.05) is 6.07 Å². The first-order chi connectivity index (χ1) is 9.24. The van der Waals surface area contributed by atoms with Crippen LogP contribution in [0.4, 0.5) is 5.69 Å². The fraction of sp³-hybridized carbons (Fsp3) is 0.357. The van der Waals surface area contributed by atoms with Crippen LogP contribution in [0, 0.1) is 0 Å². The van der Waals surface area contributed by atoms with Gasteiger partial charge in [-0.3, -0.25) is 0 Å². The van der Waals surface area contributed by atoms with Crippen molar-refractivity contribution >= 4 is 17.0 Å². The van der Waals surface area contributed by atoms with Crippen LogP contribution in [-0.2, 0) is 6.54 Å². The minimum Gasteiger partial charge on any atom is -0.492 e. The Kier molecular flexibility index (Phi) is 5.18. The first-order valence-electron chi connectivity index (χ1n) is 6.22. The number of thiazole rings is 1. The van der Waals surface area contributed by atoms with Crippen LogP contribution in [0.25, 0.3) is 0 Å². The second-order valence-corrected chi connectivity index (χ2v) is 5.23. The van der Waals surface area contributed by atoms with Crippen LogP contribution in [0.2, 0.25) is 0 Å². The highest BCUT2D eigenvalue weighted by Gasteiger charge is 1.99. The van der Waals surface area contributed by atoms with Crippen molar-refractivity contribution in [2.45, 2.75) is 6.54 Å². The van der Waals surface area contributed by atoms with E-state index in [-0.39, 0.29) is 0 Å². The maximum absolute atomic E-state index is 5.70. The van der Waals surface area contributed by atoms with E-state index in [1.165, 1.54) is 0 Å². The minimum absolute atomic E-state index is 0.697. The van der Waals surface area contributed by atoms with Gasteiger partial charge in [-0.15, -0.1) is 11.3 Å². The lowest BCUT2D eigenvalue weighted by Crippen LogP contribution is -2.19. The molecule has 0 aliphatic heterocycles. The minimum atomic E-state index is 0.697. The molecule has 0 aliphatic carbocycles. The molecule has 1 heterocycles. The molecule has 0 radical (unpaired) electrons. The van der Waals surface area contributed by atoms with Crippen LogP contribution < -0.4 is 10.1 Å². The van der Waals surface area contributed by atoms with Gasteiger partial charge in [0.05, 0.1) is 17.7 Å². The van der Waals surface area contributed by atoms with Gasteiger partial charge in [0.2, 0.25) is 0 Å². The predicted molar refractivity (Wildman–Crippen MR) is 79.9 cm³/mol. The summed E-state index contributed by atoms with van der Waals surface area (Å²) in [6.07, 6.45) is 0. The second kappa shape index (κ2) is 7.11. The lowest BCUT2D eigenvalue weighted by Gasteiger charge is -2.12. The van der Waals surface area contributed by atoms with Gasteiger partial charge >= 0.3 is 0 Å². The standard InChI is InChI=1S/C14H19N3OS/c1-17(2)6-7-18-14-5-3-4-12(8-14)15-9-13-10-19-11-16-13/h3-5,8,10-11,15H,6-7,9H2,1-2H3. The highest BCUT2D eigenvalue weighted by molar-refractivity contribution is 7.07. The van der Waals surface area contributed by atoms with Crippen LogP contribution in [0.5, 0.6) is 5.75 Å². The Balaban J connectivity index is 1.84. The lowest BCUT2D eigenvalue weighted by molar-refractivity contribution is 0.261. The number of rotatable bonds is 7. The summed E-state index contributed by atoms with van der Waals surface area (Å²) in [4.78, 5) is 6.34. The van der Waals surface area contributed by atoms with E-state index in [4.69, 9.17) is 4.74 Å². The molecule has 2 aromatic rings. The third-order valence-electron chi connectivity index (χ3n) is 2.60. The molecule has 0 atom stereocenters. The van der Waals surface area contributed by atoms with E-state index in [2.05, 4.69) is 15.2 Å². The molecule has 102 valence electrons. The van der Waals surface area contributed by atoms with E-state index in [1.54, 1.807) is 11.3 Å². The summed E-state index contributed by atoms with van der Waals surface area (Å²) in [5.41, 5.74) is 3.96. The molecular weight excluding hydrogens is 258 g/mol. The van der Waals surface area contributed by atoms with E-state index in [9.17, 15) is 0 Å². The third-order valence-corrected chi connectivity index (χ3v) is 3.23. The SMILES string of the molecule is CN(C)CCOc1cccc(NCc2cscn2)c1. The number of ether oxygens (including phenoxy) is 1. The molecule has 0 amide bonds. The summed E-state index contributed by atoms with van der Waals surface area (Å²) in [5, 5.41) is 5.39. The zero-order valence-electron chi connectivity index (χ0n) is 11.3. The zero-order valence-corrected chi connectivity index (χ0v) is 12.1. The van der Waals surface area contributed by atoms with Gasteiger partial charge in [0, 0.05) is 23.7 Å². The van der Waals surface area contributed by atoms with Crippen LogP contribution in [-0.4, -0.2) is 37.1 Å². The average Bonchev–Trinajstić information content (AvgIpc) is 2.89. The van der Waals surface area contributed by atoms with E-state index < -0.39 is 0 Å². The smallest absolute Gasteiger partial charge is 0.121 e. The molecule has 0 spiro atoms. The number of hydrogen-bond acceptors (Lipinski definition) is 5. The second-order valence-electron chi connectivity index (χ2n) is 4.51. The molecule has 1 N–H and O–H groups in total. The largest absolute Gasteiger partial charge is 0.492 e. The Bertz CT molecular complexity index is 485. The molecule has 0 fully saturated rings. The monoisotopic (exact) mass is 277 g/mol. The van der Waals surface area contributed by atoms with Crippen molar-refractivity contribution in [1.29, 1.82) is 0 Å². The molecule has 0 saturated carbocycles. The molecule has 0 bridgehead atoms.